The van der Waals surface area contributed by atoms with Crippen LogP contribution in [0.4, 0.5) is 0 Å². The summed E-state index contributed by atoms with van der Waals surface area (Å²) in [5.74, 6) is 0.396. The minimum atomic E-state index is -0.374. The Hall–Kier alpha value is -0.0800. The molecule has 2 aliphatic rings. The molecule has 0 amide bonds. The van der Waals surface area contributed by atoms with Crippen molar-refractivity contribution in [1.82, 2.24) is 0 Å². The lowest BCUT2D eigenvalue weighted by Gasteiger charge is -2.42. The molecule has 1 spiro atoms. The highest BCUT2D eigenvalue weighted by atomic mass is 16.7. The first-order chi connectivity index (χ1) is 6.75. The molecule has 0 aromatic heterocycles. The van der Waals surface area contributed by atoms with Crippen molar-refractivity contribution in [3.63, 3.8) is 0 Å². The van der Waals surface area contributed by atoms with Gasteiger partial charge in [0.05, 0.1) is 13.2 Å². The lowest BCUT2D eigenvalue weighted by atomic mass is 9.81. The molecule has 2 fully saturated rings. The molecule has 1 aliphatic heterocycles. The quantitative estimate of drug-likeness (QED) is 0.614. The molecule has 2 heteroatoms. The van der Waals surface area contributed by atoms with Crippen molar-refractivity contribution >= 4 is 0 Å². The van der Waals surface area contributed by atoms with Crippen LogP contribution in [0.5, 0.6) is 0 Å². The zero-order valence-corrected chi connectivity index (χ0v) is 10.7. The van der Waals surface area contributed by atoms with Gasteiger partial charge in [0.25, 0.3) is 0 Å². The summed E-state index contributed by atoms with van der Waals surface area (Å²) in [6, 6.07) is 0. The molecule has 0 aromatic rings. The van der Waals surface area contributed by atoms with Gasteiger partial charge in [0.1, 0.15) is 0 Å². The van der Waals surface area contributed by atoms with Crippen LogP contribution in [0.1, 0.15) is 47.5 Å². The largest absolute Gasteiger partial charge is 0.350 e. The van der Waals surface area contributed by atoms with Crippen molar-refractivity contribution in [2.24, 2.45) is 16.7 Å². The zero-order chi connectivity index (χ0) is 11.3. The third-order valence-corrected chi connectivity index (χ3v) is 4.36. The van der Waals surface area contributed by atoms with Gasteiger partial charge in [-0.05, 0) is 38.0 Å². The Bertz CT molecular complexity index is 245. The Labute approximate surface area is 93.3 Å². The summed E-state index contributed by atoms with van der Waals surface area (Å²) in [5.41, 5.74) is 0.729. The monoisotopic (exact) mass is 212 g/mol. The molecule has 1 atom stereocenters. The highest BCUT2D eigenvalue weighted by Gasteiger charge is 2.51. The van der Waals surface area contributed by atoms with E-state index in [1.54, 1.807) is 0 Å². The second-order valence-electron chi connectivity index (χ2n) is 6.75. The van der Waals surface area contributed by atoms with E-state index in [1.165, 1.54) is 12.8 Å². The molecule has 0 unspecified atom stereocenters. The predicted octanol–water partition coefficient (Wildman–Crippen LogP) is 3.21. The molecule has 88 valence electrons. The molecule has 1 heterocycles. The van der Waals surface area contributed by atoms with Gasteiger partial charge in [-0.1, -0.05) is 20.8 Å². The zero-order valence-electron chi connectivity index (χ0n) is 10.7. The topological polar surface area (TPSA) is 18.5 Å². The number of ether oxygens (including phenoxy) is 2. The normalized spacial score (nSPS) is 37.0. The first-order valence-electron chi connectivity index (χ1n) is 6.03. The van der Waals surface area contributed by atoms with E-state index in [9.17, 15) is 0 Å². The van der Waals surface area contributed by atoms with Crippen LogP contribution in [0, 0.1) is 16.7 Å². The van der Waals surface area contributed by atoms with Crippen molar-refractivity contribution < 1.29 is 9.47 Å². The maximum atomic E-state index is 5.82. The number of hydrogen-bond donors (Lipinski definition) is 0. The third kappa shape index (κ3) is 2.07. The molecule has 15 heavy (non-hydrogen) atoms. The van der Waals surface area contributed by atoms with Crippen molar-refractivity contribution in [1.29, 1.82) is 0 Å². The molecule has 1 saturated heterocycles. The minimum Gasteiger partial charge on any atom is -0.350 e. The molecule has 2 rings (SSSR count). The smallest absolute Gasteiger partial charge is 0.162 e. The molecule has 0 aromatic carbocycles. The minimum absolute atomic E-state index is 0.290. The van der Waals surface area contributed by atoms with Crippen LogP contribution in [-0.4, -0.2) is 19.0 Å². The van der Waals surface area contributed by atoms with E-state index in [0.29, 0.717) is 10.8 Å². The summed E-state index contributed by atoms with van der Waals surface area (Å²) in [4.78, 5) is 0. The fourth-order valence-electron chi connectivity index (χ4n) is 3.10. The first kappa shape index (κ1) is 11.4. The summed E-state index contributed by atoms with van der Waals surface area (Å²) >= 11 is 0. The van der Waals surface area contributed by atoms with E-state index >= 15 is 0 Å². The van der Waals surface area contributed by atoms with E-state index < -0.39 is 0 Å². The molecule has 1 aliphatic carbocycles. The second kappa shape index (κ2) is 3.21. The maximum absolute atomic E-state index is 5.82. The Morgan fingerprint density at radius 3 is 1.93 bits per heavy atom. The summed E-state index contributed by atoms with van der Waals surface area (Å²) in [7, 11) is 0. The fraction of sp³-hybridized carbons (Fsp3) is 1.00. The second-order valence-corrected chi connectivity index (χ2v) is 6.75. The van der Waals surface area contributed by atoms with Gasteiger partial charge >= 0.3 is 0 Å². The van der Waals surface area contributed by atoms with Crippen molar-refractivity contribution in [3.8, 4) is 0 Å². The predicted molar refractivity (Wildman–Crippen MR) is 60.6 cm³/mol. The number of rotatable bonds is 0. The first-order valence-corrected chi connectivity index (χ1v) is 6.03. The average molecular weight is 212 g/mol. The summed E-state index contributed by atoms with van der Waals surface area (Å²) in [5, 5.41) is 0. The summed E-state index contributed by atoms with van der Waals surface area (Å²) < 4.78 is 11.6. The van der Waals surface area contributed by atoms with Crippen molar-refractivity contribution in [3.05, 3.63) is 0 Å². The van der Waals surface area contributed by atoms with Crippen LogP contribution in [-0.2, 0) is 9.47 Å². The van der Waals surface area contributed by atoms with Gasteiger partial charge in [0, 0.05) is 5.41 Å². The van der Waals surface area contributed by atoms with E-state index in [4.69, 9.17) is 9.47 Å². The van der Waals surface area contributed by atoms with Gasteiger partial charge in [-0.3, -0.25) is 0 Å². The highest BCUT2D eigenvalue weighted by molar-refractivity contribution is 4.98. The van der Waals surface area contributed by atoms with Crippen LogP contribution in [0.15, 0.2) is 0 Å². The van der Waals surface area contributed by atoms with E-state index in [2.05, 4.69) is 20.8 Å². The van der Waals surface area contributed by atoms with Gasteiger partial charge < -0.3 is 9.47 Å². The molecule has 2 nitrogen and oxygen atoms in total. The van der Waals surface area contributed by atoms with Crippen LogP contribution in [0.25, 0.3) is 0 Å². The van der Waals surface area contributed by atoms with Gasteiger partial charge in [0.2, 0.25) is 0 Å². The van der Waals surface area contributed by atoms with Crippen molar-refractivity contribution in [2.75, 3.05) is 13.2 Å². The van der Waals surface area contributed by atoms with Gasteiger partial charge in [-0.15, -0.1) is 0 Å². The summed E-state index contributed by atoms with van der Waals surface area (Å²) in [6.45, 7) is 12.8. The van der Waals surface area contributed by atoms with Crippen LogP contribution in [0.3, 0.4) is 0 Å². The highest BCUT2D eigenvalue weighted by Crippen LogP contribution is 2.54. The number of hydrogen-bond acceptors (Lipinski definition) is 2. The Morgan fingerprint density at radius 2 is 1.53 bits per heavy atom. The Morgan fingerprint density at radius 1 is 1.00 bits per heavy atom. The Balaban J connectivity index is 2.07. The lowest BCUT2D eigenvalue weighted by Crippen LogP contribution is -2.45. The SMILES string of the molecule is C[C@@H]1CC2(COC(C)(C)OC2)CC1(C)C. The van der Waals surface area contributed by atoms with E-state index in [-0.39, 0.29) is 5.79 Å². The summed E-state index contributed by atoms with van der Waals surface area (Å²) in [6.07, 6.45) is 2.48. The average Bonchev–Trinajstić information content (AvgIpc) is 2.31. The molecule has 0 N–H and O–H groups in total. The molecule has 0 radical (unpaired) electrons. The molecule has 1 saturated carbocycles. The van der Waals surface area contributed by atoms with E-state index in [1.807, 2.05) is 13.8 Å². The molecule has 0 bridgehead atoms. The van der Waals surface area contributed by atoms with Crippen molar-refractivity contribution in [2.45, 2.75) is 53.2 Å². The van der Waals surface area contributed by atoms with Crippen LogP contribution in [0.2, 0.25) is 0 Å². The van der Waals surface area contributed by atoms with E-state index in [0.717, 1.165) is 19.1 Å². The Kier molecular flexibility index (Phi) is 2.44. The maximum Gasteiger partial charge on any atom is 0.162 e. The molecular weight excluding hydrogens is 188 g/mol. The van der Waals surface area contributed by atoms with Gasteiger partial charge in [-0.2, -0.15) is 0 Å². The van der Waals surface area contributed by atoms with Crippen LogP contribution >= 0.6 is 0 Å². The fourth-order valence-corrected chi connectivity index (χ4v) is 3.10. The lowest BCUT2D eigenvalue weighted by molar-refractivity contribution is -0.285. The van der Waals surface area contributed by atoms with Crippen LogP contribution < -0.4 is 0 Å². The molecular formula is C13H24O2. The van der Waals surface area contributed by atoms with Gasteiger partial charge in [-0.25, -0.2) is 0 Å². The third-order valence-electron chi connectivity index (χ3n) is 4.36. The van der Waals surface area contributed by atoms with Gasteiger partial charge in [0.15, 0.2) is 5.79 Å². The standard InChI is InChI=1S/C13H24O2/c1-10-6-13(7-11(10,2)3)8-14-12(4,5)15-9-13/h10H,6-9H2,1-5H3/t10-/m1/s1.